The van der Waals surface area contributed by atoms with Crippen molar-refractivity contribution >= 4 is 5.97 Å². The predicted octanol–water partition coefficient (Wildman–Crippen LogP) is 2.21. The van der Waals surface area contributed by atoms with Crippen LogP contribution in [0.25, 0.3) is 0 Å². The molecule has 1 aromatic carbocycles. The summed E-state index contributed by atoms with van der Waals surface area (Å²) >= 11 is 0. The number of hydrogen-bond donors (Lipinski definition) is 1. The van der Waals surface area contributed by atoms with Gasteiger partial charge in [-0.3, -0.25) is 0 Å². The fourth-order valence-corrected chi connectivity index (χ4v) is 1.45. The van der Waals surface area contributed by atoms with E-state index in [1.54, 1.807) is 6.92 Å². The molecule has 0 aliphatic carbocycles. The summed E-state index contributed by atoms with van der Waals surface area (Å²) in [6.45, 7) is 4.98. The van der Waals surface area contributed by atoms with E-state index in [0.717, 1.165) is 6.07 Å². The highest BCUT2D eigenvalue weighted by atomic mass is 19.1. The molecule has 0 fully saturated rings. The van der Waals surface area contributed by atoms with Crippen molar-refractivity contribution in [1.82, 2.24) is 0 Å². The molecule has 1 aromatic rings. The average molecular weight is 256 g/mol. The fourth-order valence-electron chi connectivity index (χ4n) is 1.45. The molecule has 18 heavy (non-hydrogen) atoms. The lowest BCUT2D eigenvalue weighted by molar-refractivity contribution is -0.150. The quantitative estimate of drug-likeness (QED) is 0.821. The average Bonchev–Trinajstić information content (AvgIpc) is 2.28. The Morgan fingerprint density at radius 1 is 1.44 bits per heavy atom. The van der Waals surface area contributed by atoms with Crippen molar-refractivity contribution < 1.29 is 23.8 Å². The Morgan fingerprint density at radius 3 is 2.67 bits per heavy atom. The van der Waals surface area contributed by atoms with E-state index in [2.05, 4.69) is 0 Å². The summed E-state index contributed by atoms with van der Waals surface area (Å²) in [7, 11) is 0. The zero-order valence-electron chi connectivity index (χ0n) is 10.6. The monoisotopic (exact) mass is 256 g/mol. The Morgan fingerprint density at radius 2 is 2.11 bits per heavy atom. The van der Waals surface area contributed by atoms with Gasteiger partial charge >= 0.3 is 5.97 Å². The first-order valence-electron chi connectivity index (χ1n) is 5.76. The number of halogens is 1. The van der Waals surface area contributed by atoms with Crippen molar-refractivity contribution in [3.8, 4) is 5.75 Å². The zero-order valence-corrected chi connectivity index (χ0v) is 10.6. The molecule has 2 atom stereocenters. The van der Waals surface area contributed by atoms with Crippen LogP contribution in [-0.4, -0.2) is 23.8 Å². The van der Waals surface area contributed by atoms with Crippen LogP contribution >= 0.6 is 0 Å². The summed E-state index contributed by atoms with van der Waals surface area (Å²) in [4.78, 5) is 11.4. The van der Waals surface area contributed by atoms with Gasteiger partial charge in [0.05, 0.1) is 12.7 Å². The Bertz CT molecular complexity index is 417. The molecule has 100 valence electrons. The summed E-state index contributed by atoms with van der Waals surface area (Å²) in [6, 6.07) is 3.79. The third kappa shape index (κ3) is 3.70. The van der Waals surface area contributed by atoms with Gasteiger partial charge in [0, 0.05) is 11.6 Å². The first-order valence-corrected chi connectivity index (χ1v) is 5.76. The SMILES string of the molecule is CCOC(=O)C(C)Oc1cc(F)ccc1[C@@H](C)O. The molecule has 0 aliphatic rings. The van der Waals surface area contributed by atoms with E-state index in [9.17, 15) is 14.3 Å². The highest BCUT2D eigenvalue weighted by molar-refractivity contribution is 5.74. The van der Waals surface area contributed by atoms with Crippen LogP contribution in [0.4, 0.5) is 4.39 Å². The third-order valence-electron chi connectivity index (χ3n) is 2.35. The number of aliphatic hydroxyl groups is 1. The van der Waals surface area contributed by atoms with E-state index in [0.29, 0.717) is 5.56 Å². The standard InChI is InChI=1S/C13H17FO4/c1-4-17-13(16)9(3)18-12-7-10(14)5-6-11(12)8(2)15/h5-9,15H,4H2,1-3H3/t8-,9?/m1/s1. The minimum Gasteiger partial charge on any atom is -0.479 e. The molecule has 1 rings (SSSR count). The summed E-state index contributed by atoms with van der Waals surface area (Å²) in [5.74, 6) is -0.880. The Labute approximate surface area is 105 Å². The molecule has 0 bridgehead atoms. The van der Waals surface area contributed by atoms with E-state index < -0.39 is 24.0 Å². The van der Waals surface area contributed by atoms with Gasteiger partial charge in [0.1, 0.15) is 11.6 Å². The number of ether oxygens (including phenoxy) is 2. The molecule has 0 amide bonds. The number of carbonyl (C=O) groups is 1. The van der Waals surface area contributed by atoms with Crippen molar-refractivity contribution in [2.24, 2.45) is 0 Å². The van der Waals surface area contributed by atoms with E-state index in [-0.39, 0.29) is 12.4 Å². The van der Waals surface area contributed by atoms with Crippen molar-refractivity contribution in [3.63, 3.8) is 0 Å². The number of carbonyl (C=O) groups excluding carboxylic acids is 1. The Kier molecular flexibility index (Phi) is 5.09. The van der Waals surface area contributed by atoms with Crippen molar-refractivity contribution in [2.45, 2.75) is 33.0 Å². The van der Waals surface area contributed by atoms with Crippen LogP contribution in [0.15, 0.2) is 18.2 Å². The van der Waals surface area contributed by atoms with Crippen LogP contribution in [0.5, 0.6) is 5.75 Å². The minimum absolute atomic E-state index is 0.144. The maximum absolute atomic E-state index is 13.1. The molecule has 1 unspecified atom stereocenters. The molecule has 4 nitrogen and oxygen atoms in total. The summed E-state index contributed by atoms with van der Waals surface area (Å²) < 4.78 is 23.2. The molecule has 0 aliphatic heterocycles. The molecule has 0 heterocycles. The van der Waals surface area contributed by atoms with Gasteiger partial charge in [0.15, 0.2) is 6.10 Å². The van der Waals surface area contributed by atoms with E-state index >= 15 is 0 Å². The second-order valence-corrected chi connectivity index (χ2v) is 3.87. The van der Waals surface area contributed by atoms with Crippen LogP contribution in [-0.2, 0) is 9.53 Å². The van der Waals surface area contributed by atoms with Crippen molar-refractivity contribution in [2.75, 3.05) is 6.61 Å². The van der Waals surface area contributed by atoms with E-state index in [4.69, 9.17) is 9.47 Å². The first kappa shape index (κ1) is 14.4. The molecule has 1 N–H and O–H groups in total. The van der Waals surface area contributed by atoms with E-state index in [1.165, 1.54) is 26.0 Å². The number of rotatable bonds is 5. The van der Waals surface area contributed by atoms with Crippen molar-refractivity contribution in [3.05, 3.63) is 29.6 Å². The second-order valence-electron chi connectivity index (χ2n) is 3.87. The molecule has 0 saturated carbocycles. The predicted molar refractivity (Wildman–Crippen MR) is 63.8 cm³/mol. The van der Waals surface area contributed by atoms with Crippen molar-refractivity contribution in [1.29, 1.82) is 0 Å². The molecule has 0 spiro atoms. The third-order valence-corrected chi connectivity index (χ3v) is 2.35. The number of esters is 1. The molecule has 5 heteroatoms. The number of hydrogen-bond acceptors (Lipinski definition) is 4. The largest absolute Gasteiger partial charge is 0.479 e. The van der Waals surface area contributed by atoms with Gasteiger partial charge < -0.3 is 14.6 Å². The second kappa shape index (κ2) is 6.35. The fraction of sp³-hybridized carbons (Fsp3) is 0.462. The zero-order chi connectivity index (χ0) is 13.7. The minimum atomic E-state index is -0.857. The lowest BCUT2D eigenvalue weighted by atomic mass is 10.1. The van der Waals surface area contributed by atoms with Gasteiger partial charge in [-0.15, -0.1) is 0 Å². The molecule has 0 saturated heterocycles. The van der Waals surface area contributed by atoms with Crippen LogP contribution in [0.3, 0.4) is 0 Å². The van der Waals surface area contributed by atoms with Gasteiger partial charge in [0.25, 0.3) is 0 Å². The highest BCUT2D eigenvalue weighted by Crippen LogP contribution is 2.27. The van der Waals surface area contributed by atoms with Gasteiger partial charge in [-0.05, 0) is 32.9 Å². The van der Waals surface area contributed by atoms with Crippen LogP contribution in [0, 0.1) is 5.82 Å². The molecule has 0 radical (unpaired) electrons. The van der Waals surface area contributed by atoms with Gasteiger partial charge in [-0.1, -0.05) is 0 Å². The summed E-state index contributed by atoms with van der Waals surface area (Å²) in [5, 5.41) is 9.53. The van der Waals surface area contributed by atoms with Crippen LogP contribution in [0.2, 0.25) is 0 Å². The normalized spacial score (nSPS) is 13.8. The Hall–Kier alpha value is -1.62. The van der Waals surface area contributed by atoms with Gasteiger partial charge in [-0.25, -0.2) is 9.18 Å². The maximum Gasteiger partial charge on any atom is 0.347 e. The first-order chi connectivity index (χ1) is 8.45. The van der Waals surface area contributed by atoms with Gasteiger partial charge in [0.2, 0.25) is 0 Å². The lowest BCUT2D eigenvalue weighted by Crippen LogP contribution is -2.26. The summed E-state index contributed by atoms with van der Waals surface area (Å²) in [6.07, 6.45) is -1.67. The number of aliphatic hydroxyl groups excluding tert-OH is 1. The lowest BCUT2D eigenvalue weighted by Gasteiger charge is -2.17. The van der Waals surface area contributed by atoms with Crippen LogP contribution < -0.4 is 4.74 Å². The molecule has 0 aromatic heterocycles. The van der Waals surface area contributed by atoms with Gasteiger partial charge in [-0.2, -0.15) is 0 Å². The molecular formula is C13H17FO4. The Balaban J connectivity index is 2.88. The highest BCUT2D eigenvalue weighted by Gasteiger charge is 2.19. The van der Waals surface area contributed by atoms with Crippen LogP contribution in [0.1, 0.15) is 32.4 Å². The van der Waals surface area contributed by atoms with E-state index in [1.807, 2.05) is 0 Å². The maximum atomic E-state index is 13.1. The molecular weight excluding hydrogens is 239 g/mol. The summed E-state index contributed by atoms with van der Waals surface area (Å²) in [5.41, 5.74) is 0.424. The topological polar surface area (TPSA) is 55.8 Å². The number of benzene rings is 1. The smallest absolute Gasteiger partial charge is 0.347 e.